The van der Waals surface area contributed by atoms with E-state index in [0.717, 1.165) is 36.2 Å². The lowest BCUT2D eigenvalue weighted by Gasteiger charge is -2.47. The fourth-order valence-corrected chi connectivity index (χ4v) is 3.92. The zero-order valence-electron chi connectivity index (χ0n) is 14.5. The number of hydrogen-bond donors (Lipinski definition) is 0. The van der Waals surface area contributed by atoms with E-state index in [0.29, 0.717) is 6.61 Å². The van der Waals surface area contributed by atoms with Crippen LogP contribution < -0.4 is 4.90 Å². The van der Waals surface area contributed by atoms with E-state index in [1.54, 1.807) is 0 Å². The van der Waals surface area contributed by atoms with Crippen molar-refractivity contribution >= 4 is 27.7 Å². The number of esters is 1. The Balaban J connectivity index is 1.81. The first-order valence-corrected chi connectivity index (χ1v) is 9.38. The molecule has 6 heteroatoms. The van der Waals surface area contributed by atoms with Gasteiger partial charge in [0.1, 0.15) is 16.0 Å². The van der Waals surface area contributed by atoms with Gasteiger partial charge in [0, 0.05) is 13.2 Å². The standard InChI is InChI=1S/C18H25BrN2O3/c1-18(2,3)24-17(22)12-9-10-21(13-6-5-11-23-16(12)13)15-8-4-7-14(19)20-15/h4,7-8,12-13,16H,5-6,9-11H2,1-3H3/t12?,13-,16+/m0/s1. The van der Waals surface area contributed by atoms with Crippen LogP contribution in [0, 0.1) is 5.92 Å². The number of pyridine rings is 1. The van der Waals surface area contributed by atoms with Gasteiger partial charge in [-0.3, -0.25) is 4.79 Å². The second-order valence-electron chi connectivity index (χ2n) is 7.49. The van der Waals surface area contributed by atoms with Crippen LogP contribution in [0.4, 0.5) is 5.82 Å². The minimum Gasteiger partial charge on any atom is -0.460 e. The molecule has 132 valence electrons. The molecule has 1 unspecified atom stereocenters. The number of hydrogen-bond acceptors (Lipinski definition) is 5. The Morgan fingerprint density at radius 3 is 2.88 bits per heavy atom. The van der Waals surface area contributed by atoms with Crippen LogP contribution >= 0.6 is 15.9 Å². The van der Waals surface area contributed by atoms with Crippen LogP contribution in [0.2, 0.25) is 0 Å². The van der Waals surface area contributed by atoms with Crippen LogP contribution in [0.15, 0.2) is 22.8 Å². The fourth-order valence-electron chi connectivity index (χ4n) is 3.58. The summed E-state index contributed by atoms with van der Waals surface area (Å²) in [4.78, 5) is 19.5. The Labute approximate surface area is 151 Å². The van der Waals surface area contributed by atoms with Gasteiger partial charge in [-0.15, -0.1) is 0 Å². The number of nitrogens with zero attached hydrogens (tertiary/aromatic N) is 2. The molecule has 3 rings (SSSR count). The molecule has 1 aromatic rings. The van der Waals surface area contributed by atoms with Crippen molar-refractivity contribution in [3.8, 4) is 0 Å². The topological polar surface area (TPSA) is 51.7 Å². The number of carbonyl (C=O) groups excluding carboxylic acids is 1. The van der Waals surface area contributed by atoms with Crippen LogP contribution in [0.1, 0.15) is 40.0 Å². The third kappa shape index (κ3) is 3.91. The predicted octanol–water partition coefficient (Wildman–Crippen LogP) is 3.56. The summed E-state index contributed by atoms with van der Waals surface area (Å²) < 4.78 is 12.5. The van der Waals surface area contributed by atoms with Crippen molar-refractivity contribution in [3.05, 3.63) is 22.8 Å². The predicted molar refractivity (Wildman–Crippen MR) is 96.0 cm³/mol. The monoisotopic (exact) mass is 396 g/mol. The highest BCUT2D eigenvalue weighted by Gasteiger charge is 2.45. The van der Waals surface area contributed by atoms with E-state index in [-0.39, 0.29) is 24.0 Å². The molecule has 0 bridgehead atoms. The van der Waals surface area contributed by atoms with E-state index in [1.807, 2.05) is 39.0 Å². The van der Waals surface area contributed by atoms with E-state index >= 15 is 0 Å². The molecule has 0 radical (unpaired) electrons. The summed E-state index contributed by atoms with van der Waals surface area (Å²) in [6.07, 6.45) is 2.62. The summed E-state index contributed by atoms with van der Waals surface area (Å²) in [5.41, 5.74) is -0.468. The van der Waals surface area contributed by atoms with Crippen LogP contribution in [0.25, 0.3) is 0 Å². The van der Waals surface area contributed by atoms with Crippen LogP contribution in [-0.2, 0) is 14.3 Å². The van der Waals surface area contributed by atoms with Gasteiger partial charge >= 0.3 is 5.97 Å². The molecule has 3 heterocycles. The Morgan fingerprint density at radius 1 is 1.38 bits per heavy atom. The average molecular weight is 397 g/mol. The zero-order chi connectivity index (χ0) is 17.3. The van der Waals surface area contributed by atoms with Gasteiger partial charge in [0.25, 0.3) is 0 Å². The number of aromatic nitrogens is 1. The number of piperidine rings is 1. The lowest BCUT2D eigenvalue weighted by Crippen LogP contribution is -2.58. The van der Waals surface area contributed by atoms with Gasteiger partial charge in [0.2, 0.25) is 0 Å². The van der Waals surface area contributed by atoms with Gasteiger partial charge < -0.3 is 14.4 Å². The summed E-state index contributed by atoms with van der Waals surface area (Å²) >= 11 is 3.44. The molecule has 2 aliphatic heterocycles. The molecule has 0 aromatic carbocycles. The van der Waals surface area contributed by atoms with Crippen molar-refractivity contribution in [1.82, 2.24) is 4.98 Å². The Hall–Kier alpha value is -1.14. The highest BCUT2D eigenvalue weighted by Crippen LogP contribution is 2.35. The minimum absolute atomic E-state index is 0.122. The van der Waals surface area contributed by atoms with Crippen molar-refractivity contribution in [1.29, 1.82) is 0 Å². The quantitative estimate of drug-likeness (QED) is 0.564. The molecule has 2 saturated heterocycles. The second kappa shape index (κ2) is 7.00. The van der Waals surface area contributed by atoms with E-state index in [2.05, 4.69) is 25.8 Å². The Bertz CT molecular complexity index is 602. The van der Waals surface area contributed by atoms with Crippen molar-refractivity contribution in [3.63, 3.8) is 0 Å². The summed E-state index contributed by atoms with van der Waals surface area (Å²) in [7, 11) is 0. The maximum atomic E-state index is 12.6. The summed E-state index contributed by atoms with van der Waals surface area (Å²) in [6, 6.07) is 6.10. The lowest BCUT2D eigenvalue weighted by atomic mass is 9.84. The average Bonchev–Trinajstić information content (AvgIpc) is 2.52. The van der Waals surface area contributed by atoms with Crippen molar-refractivity contribution < 1.29 is 14.3 Å². The SMILES string of the molecule is CC(C)(C)OC(=O)C1CCN(c2cccc(Br)n2)[C@H]2CCCO[C@H]12. The first kappa shape index (κ1) is 17.7. The summed E-state index contributed by atoms with van der Waals surface area (Å²) in [5, 5.41) is 0. The molecule has 2 aliphatic rings. The molecular formula is C18H25BrN2O3. The van der Waals surface area contributed by atoms with E-state index < -0.39 is 5.60 Å². The van der Waals surface area contributed by atoms with Crippen LogP contribution in [0.5, 0.6) is 0 Å². The van der Waals surface area contributed by atoms with E-state index in [9.17, 15) is 4.79 Å². The molecule has 0 amide bonds. The molecule has 0 saturated carbocycles. The smallest absolute Gasteiger partial charge is 0.312 e. The molecule has 0 aliphatic carbocycles. The zero-order valence-corrected chi connectivity index (χ0v) is 16.1. The van der Waals surface area contributed by atoms with Gasteiger partial charge in [-0.2, -0.15) is 0 Å². The summed E-state index contributed by atoms with van der Waals surface area (Å²) in [6.45, 7) is 7.22. The third-order valence-corrected chi connectivity index (χ3v) is 4.96. The molecule has 0 N–H and O–H groups in total. The molecule has 1 aromatic heterocycles. The molecule has 0 spiro atoms. The molecule has 5 nitrogen and oxygen atoms in total. The van der Waals surface area contributed by atoms with Crippen LogP contribution in [0.3, 0.4) is 0 Å². The third-order valence-electron chi connectivity index (χ3n) is 4.52. The number of carbonyl (C=O) groups is 1. The van der Waals surface area contributed by atoms with Gasteiger partial charge in [0.05, 0.1) is 18.1 Å². The molecular weight excluding hydrogens is 372 g/mol. The van der Waals surface area contributed by atoms with Gasteiger partial charge in [-0.25, -0.2) is 4.98 Å². The van der Waals surface area contributed by atoms with Crippen LogP contribution in [-0.4, -0.2) is 41.9 Å². The van der Waals surface area contributed by atoms with Crippen molar-refractivity contribution in [2.24, 2.45) is 5.92 Å². The van der Waals surface area contributed by atoms with Crippen molar-refractivity contribution in [2.75, 3.05) is 18.1 Å². The van der Waals surface area contributed by atoms with E-state index in [4.69, 9.17) is 9.47 Å². The normalized spacial score (nSPS) is 27.5. The minimum atomic E-state index is -0.468. The Kier molecular flexibility index (Phi) is 5.16. The number of halogens is 1. The number of rotatable bonds is 2. The largest absolute Gasteiger partial charge is 0.460 e. The maximum Gasteiger partial charge on any atom is 0.312 e. The molecule has 2 fully saturated rings. The molecule has 3 atom stereocenters. The lowest BCUT2D eigenvalue weighted by molar-refractivity contribution is -0.170. The Morgan fingerprint density at radius 2 is 2.17 bits per heavy atom. The first-order valence-electron chi connectivity index (χ1n) is 8.59. The fraction of sp³-hybridized carbons (Fsp3) is 0.667. The summed E-state index contributed by atoms with van der Waals surface area (Å²) in [5.74, 6) is 0.603. The molecule has 24 heavy (non-hydrogen) atoms. The highest BCUT2D eigenvalue weighted by atomic mass is 79.9. The van der Waals surface area contributed by atoms with E-state index in [1.165, 1.54) is 0 Å². The maximum absolute atomic E-state index is 12.6. The first-order chi connectivity index (χ1) is 11.3. The van der Waals surface area contributed by atoms with Crippen molar-refractivity contribution in [2.45, 2.75) is 57.8 Å². The second-order valence-corrected chi connectivity index (χ2v) is 8.30. The number of ether oxygens (including phenoxy) is 2. The van der Waals surface area contributed by atoms with Gasteiger partial charge in [-0.05, 0) is 68.1 Å². The highest BCUT2D eigenvalue weighted by molar-refractivity contribution is 9.10. The van der Waals surface area contributed by atoms with Gasteiger partial charge in [-0.1, -0.05) is 6.07 Å². The van der Waals surface area contributed by atoms with Gasteiger partial charge in [0.15, 0.2) is 0 Å². The number of anilines is 1. The number of fused-ring (bicyclic) bond motifs is 1.